The van der Waals surface area contributed by atoms with Gasteiger partial charge < -0.3 is 0 Å². The molecule has 0 unspecified atom stereocenters. The van der Waals surface area contributed by atoms with Crippen LogP contribution in [0.4, 0.5) is 0 Å². The second kappa shape index (κ2) is 7.04. The van der Waals surface area contributed by atoms with E-state index in [1.165, 1.54) is 5.56 Å². The summed E-state index contributed by atoms with van der Waals surface area (Å²) < 4.78 is 0. The largest absolute Gasteiger partial charge is 0.268 e. The van der Waals surface area contributed by atoms with E-state index in [2.05, 4.69) is 40.8 Å². The molecular weight excluding hydrogens is 298 g/mol. The molecule has 0 bridgehead atoms. The highest BCUT2D eigenvalue weighted by Gasteiger charge is 2.12. The lowest BCUT2D eigenvalue weighted by Gasteiger charge is -2.11. The van der Waals surface area contributed by atoms with Crippen molar-refractivity contribution in [2.45, 2.75) is 19.8 Å². The second-order valence-electron chi connectivity index (χ2n) is 5.60. The van der Waals surface area contributed by atoms with Crippen LogP contribution >= 0.6 is 0 Å². The minimum absolute atomic E-state index is 0.220. The predicted molar refractivity (Wildman–Crippen MR) is 97.6 cm³/mol. The van der Waals surface area contributed by atoms with Crippen LogP contribution in [-0.4, -0.2) is 15.2 Å². The van der Waals surface area contributed by atoms with E-state index >= 15 is 0 Å². The Hall–Kier alpha value is -3.01. The summed E-state index contributed by atoms with van der Waals surface area (Å²) in [5, 5.41) is 6.85. The number of nitrogens with one attached hydrogen (secondary N) is 1. The average Bonchev–Trinajstić information content (AvgIpc) is 2.62. The van der Waals surface area contributed by atoms with Crippen LogP contribution in [0.1, 0.15) is 24.5 Å². The van der Waals surface area contributed by atoms with Crippen LogP contribution in [0.2, 0.25) is 0 Å². The number of hydrogen-bond donors (Lipinski definition) is 1. The number of benzene rings is 1. The molecule has 0 fully saturated rings. The van der Waals surface area contributed by atoms with Crippen LogP contribution in [0.25, 0.3) is 28.5 Å². The van der Waals surface area contributed by atoms with Crippen molar-refractivity contribution >= 4 is 6.08 Å². The molecule has 2 heterocycles. The summed E-state index contributed by atoms with van der Waals surface area (Å²) >= 11 is 0. The summed E-state index contributed by atoms with van der Waals surface area (Å²) in [7, 11) is 0. The van der Waals surface area contributed by atoms with Crippen molar-refractivity contribution in [3.05, 3.63) is 76.9 Å². The number of aryl methyl sites for hydroxylation is 1. The molecule has 4 heteroatoms. The van der Waals surface area contributed by atoms with Crippen molar-refractivity contribution in [2.24, 2.45) is 0 Å². The highest BCUT2D eigenvalue weighted by Crippen LogP contribution is 2.30. The third-order valence-corrected chi connectivity index (χ3v) is 3.96. The van der Waals surface area contributed by atoms with E-state index in [1.807, 2.05) is 24.3 Å². The molecule has 2 aromatic heterocycles. The monoisotopic (exact) mass is 317 g/mol. The van der Waals surface area contributed by atoms with Crippen molar-refractivity contribution in [2.75, 3.05) is 0 Å². The van der Waals surface area contributed by atoms with Crippen LogP contribution in [0.15, 0.2) is 60.2 Å². The summed E-state index contributed by atoms with van der Waals surface area (Å²) in [6.07, 6.45) is 7.33. The molecule has 3 rings (SSSR count). The van der Waals surface area contributed by atoms with E-state index in [-0.39, 0.29) is 5.56 Å². The fraction of sp³-hybridized carbons (Fsp3) is 0.150. The van der Waals surface area contributed by atoms with Crippen LogP contribution < -0.4 is 5.56 Å². The van der Waals surface area contributed by atoms with Crippen LogP contribution in [0.5, 0.6) is 0 Å². The molecule has 1 N–H and O–H groups in total. The fourth-order valence-electron chi connectivity index (χ4n) is 2.81. The Morgan fingerprint density at radius 2 is 1.92 bits per heavy atom. The SMILES string of the molecule is C=Cc1ccc(-c2n[nH]c(=O)cc2-c2ccncc2)cc1CCC. The number of hydrogen-bond acceptors (Lipinski definition) is 3. The molecule has 0 radical (unpaired) electrons. The minimum atomic E-state index is -0.220. The van der Waals surface area contributed by atoms with Crippen LogP contribution in [-0.2, 0) is 6.42 Å². The molecule has 0 spiro atoms. The van der Waals surface area contributed by atoms with Gasteiger partial charge in [0.05, 0.1) is 5.69 Å². The molecule has 4 nitrogen and oxygen atoms in total. The molecule has 0 aliphatic rings. The molecule has 0 amide bonds. The Bertz CT molecular complexity index is 914. The van der Waals surface area contributed by atoms with Gasteiger partial charge in [-0.1, -0.05) is 38.1 Å². The van der Waals surface area contributed by atoms with Gasteiger partial charge in [-0.15, -0.1) is 0 Å². The van der Waals surface area contributed by atoms with Gasteiger partial charge in [-0.3, -0.25) is 9.78 Å². The standard InChI is InChI=1S/C20H19N3O/c1-3-5-16-12-17(7-6-14(16)4-2)20-18(13-19(24)22-23-20)15-8-10-21-11-9-15/h4,6-13H,2-3,5H2,1H3,(H,22,24). The second-order valence-corrected chi connectivity index (χ2v) is 5.60. The molecule has 0 saturated heterocycles. The number of aromatic amines is 1. The molecule has 0 atom stereocenters. The molecule has 0 aliphatic heterocycles. The van der Waals surface area contributed by atoms with E-state index in [0.717, 1.165) is 40.8 Å². The zero-order valence-electron chi connectivity index (χ0n) is 13.6. The van der Waals surface area contributed by atoms with E-state index in [1.54, 1.807) is 18.5 Å². The van der Waals surface area contributed by atoms with Crippen LogP contribution in [0, 0.1) is 0 Å². The van der Waals surface area contributed by atoms with E-state index < -0.39 is 0 Å². The smallest absolute Gasteiger partial charge is 0.264 e. The molecular formula is C20H19N3O. The van der Waals surface area contributed by atoms with Crippen molar-refractivity contribution in [1.82, 2.24) is 15.2 Å². The van der Waals surface area contributed by atoms with Gasteiger partial charge in [-0.2, -0.15) is 5.10 Å². The highest BCUT2D eigenvalue weighted by molar-refractivity contribution is 5.80. The lowest BCUT2D eigenvalue weighted by atomic mass is 9.95. The molecule has 0 aliphatic carbocycles. The van der Waals surface area contributed by atoms with Gasteiger partial charge in [-0.25, -0.2) is 5.10 Å². The molecule has 1 aromatic carbocycles. The van der Waals surface area contributed by atoms with Gasteiger partial charge in [-0.05, 0) is 41.3 Å². The summed E-state index contributed by atoms with van der Waals surface area (Å²) in [5.41, 5.74) is 5.61. The Labute approximate surface area is 140 Å². The topological polar surface area (TPSA) is 58.6 Å². The molecule has 3 aromatic rings. The Balaban J connectivity index is 2.18. The Morgan fingerprint density at radius 3 is 2.62 bits per heavy atom. The summed E-state index contributed by atoms with van der Waals surface area (Å²) in [4.78, 5) is 15.8. The van der Waals surface area contributed by atoms with Gasteiger partial charge in [0.25, 0.3) is 5.56 Å². The van der Waals surface area contributed by atoms with E-state index in [4.69, 9.17) is 0 Å². The third kappa shape index (κ3) is 3.18. The number of pyridine rings is 1. The van der Waals surface area contributed by atoms with Gasteiger partial charge in [0.15, 0.2) is 0 Å². The van der Waals surface area contributed by atoms with Crippen molar-refractivity contribution in [3.8, 4) is 22.4 Å². The lowest BCUT2D eigenvalue weighted by molar-refractivity contribution is 0.919. The van der Waals surface area contributed by atoms with Crippen molar-refractivity contribution in [1.29, 1.82) is 0 Å². The third-order valence-electron chi connectivity index (χ3n) is 3.96. The number of nitrogens with zero attached hydrogens (tertiary/aromatic N) is 2. The van der Waals surface area contributed by atoms with Crippen molar-refractivity contribution in [3.63, 3.8) is 0 Å². The number of aromatic nitrogens is 3. The van der Waals surface area contributed by atoms with Gasteiger partial charge in [0.1, 0.15) is 0 Å². The van der Waals surface area contributed by atoms with Gasteiger partial charge in [0.2, 0.25) is 0 Å². The minimum Gasteiger partial charge on any atom is -0.268 e. The van der Waals surface area contributed by atoms with Crippen LogP contribution in [0.3, 0.4) is 0 Å². The maximum absolute atomic E-state index is 11.8. The maximum atomic E-state index is 11.8. The number of H-pyrrole nitrogens is 1. The average molecular weight is 317 g/mol. The summed E-state index contributed by atoms with van der Waals surface area (Å²) in [6, 6.07) is 11.5. The molecule has 0 saturated carbocycles. The first-order valence-electron chi connectivity index (χ1n) is 7.98. The molecule has 120 valence electrons. The van der Waals surface area contributed by atoms with Crippen molar-refractivity contribution < 1.29 is 0 Å². The number of rotatable bonds is 5. The first-order valence-corrected chi connectivity index (χ1v) is 7.98. The Morgan fingerprint density at radius 1 is 1.12 bits per heavy atom. The first-order chi connectivity index (χ1) is 11.7. The predicted octanol–water partition coefficient (Wildman–Crippen LogP) is 4.09. The Kier molecular flexibility index (Phi) is 4.66. The first kappa shape index (κ1) is 15.9. The summed E-state index contributed by atoms with van der Waals surface area (Å²) in [6.45, 7) is 6.04. The van der Waals surface area contributed by atoms with E-state index in [0.29, 0.717) is 0 Å². The highest BCUT2D eigenvalue weighted by atomic mass is 16.1. The normalized spacial score (nSPS) is 10.5. The fourth-order valence-corrected chi connectivity index (χ4v) is 2.81. The van der Waals surface area contributed by atoms with Gasteiger partial charge in [0, 0.05) is 29.6 Å². The molecule has 24 heavy (non-hydrogen) atoms. The maximum Gasteiger partial charge on any atom is 0.264 e. The lowest BCUT2D eigenvalue weighted by Crippen LogP contribution is -2.08. The quantitative estimate of drug-likeness (QED) is 0.771. The van der Waals surface area contributed by atoms with E-state index in [9.17, 15) is 4.79 Å². The zero-order chi connectivity index (χ0) is 16.9. The summed E-state index contributed by atoms with van der Waals surface area (Å²) in [5.74, 6) is 0. The van der Waals surface area contributed by atoms with Gasteiger partial charge >= 0.3 is 0 Å². The zero-order valence-corrected chi connectivity index (χ0v) is 13.6.